The molecule has 0 unspecified atom stereocenters. The molecule has 158 valence electrons. The van der Waals surface area contributed by atoms with Gasteiger partial charge in [0.05, 0.1) is 18.2 Å². The number of benzene rings is 1. The van der Waals surface area contributed by atoms with Gasteiger partial charge in [-0.05, 0) is 32.9 Å². The Hall–Kier alpha value is -1.86. The van der Waals surface area contributed by atoms with Crippen molar-refractivity contribution in [2.24, 2.45) is 0 Å². The van der Waals surface area contributed by atoms with Crippen molar-refractivity contribution in [3.8, 4) is 5.75 Å². The maximum atomic E-state index is 12.0. The topological polar surface area (TPSA) is 88.1 Å². The highest BCUT2D eigenvalue weighted by Crippen LogP contribution is 2.28. The maximum Gasteiger partial charge on any atom is 0.408 e. The van der Waals surface area contributed by atoms with Gasteiger partial charge in [-0.1, -0.05) is 12.1 Å². The number of nitrogens with one attached hydrogen (secondary N) is 1. The first-order valence-electron chi connectivity index (χ1n) is 8.96. The predicted octanol–water partition coefficient (Wildman–Crippen LogP) is 3.72. The van der Waals surface area contributed by atoms with Crippen molar-refractivity contribution in [1.29, 1.82) is 0 Å². The van der Waals surface area contributed by atoms with E-state index in [0.29, 0.717) is 30.6 Å². The number of halogens is 2. The van der Waals surface area contributed by atoms with E-state index in [1.54, 1.807) is 26.8 Å². The molecule has 1 aromatic rings. The Morgan fingerprint density at radius 2 is 1.79 bits per heavy atom. The van der Waals surface area contributed by atoms with Crippen LogP contribution in [-0.4, -0.2) is 60.3 Å². The van der Waals surface area contributed by atoms with E-state index < -0.39 is 23.7 Å². The largest absolute Gasteiger partial charge is 0.489 e. The van der Waals surface area contributed by atoms with Crippen molar-refractivity contribution in [2.75, 3.05) is 36.4 Å². The maximum absolute atomic E-state index is 12.0. The van der Waals surface area contributed by atoms with E-state index in [2.05, 4.69) is 5.32 Å². The number of amides is 1. The molecule has 0 bridgehead atoms. The molecule has 28 heavy (non-hydrogen) atoms. The van der Waals surface area contributed by atoms with Crippen LogP contribution in [0.2, 0.25) is 0 Å². The van der Waals surface area contributed by atoms with E-state index in [1.165, 1.54) is 0 Å². The molecular formula is C19H28Cl2N2O5. The molecule has 1 rings (SSSR count). The molecule has 0 fully saturated rings. The first kappa shape index (κ1) is 24.2. The van der Waals surface area contributed by atoms with Crippen LogP contribution in [0.3, 0.4) is 0 Å². The number of rotatable bonds is 11. The van der Waals surface area contributed by atoms with Crippen LogP contribution in [0.1, 0.15) is 27.2 Å². The number of carbonyl (C=O) groups is 2. The highest BCUT2D eigenvalue weighted by atomic mass is 35.5. The molecule has 0 aliphatic heterocycles. The molecule has 0 aliphatic rings. The molecule has 0 spiro atoms. The second-order valence-corrected chi connectivity index (χ2v) is 7.84. The van der Waals surface area contributed by atoms with E-state index in [0.717, 1.165) is 5.69 Å². The van der Waals surface area contributed by atoms with Crippen LogP contribution < -0.4 is 15.0 Å². The number of anilines is 1. The number of carboxylic acids is 1. The first-order valence-corrected chi connectivity index (χ1v) is 10.0. The molecular weight excluding hydrogens is 407 g/mol. The van der Waals surface area contributed by atoms with Crippen molar-refractivity contribution in [2.45, 2.75) is 38.8 Å². The number of carbonyl (C=O) groups excluding carboxylic acids is 1. The summed E-state index contributed by atoms with van der Waals surface area (Å²) < 4.78 is 11.0. The summed E-state index contributed by atoms with van der Waals surface area (Å²) in [7, 11) is 0. The van der Waals surface area contributed by atoms with Gasteiger partial charge < -0.3 is 24.8 Å². The zero-order valence-electron chi connectivity index (χ0n) is 16.4. The summed E-state index contributed by atoms with van der Waals surface area (Å²) >= 11 is 11.8. The molecule has 1 atom stereocenters. The molecule has 2 N–H and O–H groups in total. The fraction of sp³-hybridized carbons (Fsp3) is 0.579. The second kappa shape index (κ2) is 11.9. The van der Waals surface area contributed by atoms with Gasteiger partial charge in [-0.25, -0.2) is 4.79 Å². The van der Waals surface area contributed by atoms with Gasteiger partial charge in [0.25, 0.3) is 0 Å². The minimum Gasteiger partial charge on any atom is -0.489 e. The van der Waals surface area contributed by atoms with Crippen LogP contribution in [0, 0.1) is 0 Å². The third-order valence-electron chi connectivity index (χ3n) is 3.50. The lowest BCUT2D eigenvalue weighted by Gasteiger charge is -2.26. The molecule has 7 nitrogen and oxygen atoms in total. The predicted molar refractivity (Wildman–Crippen MR) is 111 cm³/mol. The molecule has 0 heterocycles. The SMILES string of the molecule is CC(C)(C)OC(=O)N[C@H](COc1ccccc1N(CCCl)CCCl)CC(=O)O. The lowest BCUT2D eigenvalue weighted by atomic mass is 10.2. The van der Waals surface area contributed by atoms with E-state index in [-0.39, 0.29) is 13.0 Å². The van der Waals surface area contributed by atoms with Gasteiger partial charge in [0, 0.05) is 24.8 Å². The van der Waals surface area contributed by atoms with Gasteiger partial charge >= 0.3 is 12.1 Å². The quantitative estimate of drug-likeness (QED) is 0.516. The fourth-order valence-corrected chi connectivity index (χ4v) is 2.83. The Morgan fingerprint density at radius 1 is 1.18 bits per heavy atom. The number of alkyl carbamates (subject to hydrolysis) is 1. The third-order valence-corrected chi connectivity index (χ3v) is 3.83. The minimum absolute atomic E-state index is 0.0296. The molecule has 0 radical (unpaired) electrons. The number of hydrogen-bond donors (Lipinski definition) is 2. The standard InChI is InChI=1S/C19H28Cl2N2O5/c1-19(2,3)28-18(26)22-14(12-17(24)25)13-27-16-7-5-4-6-15(16)23(10-8-20)11-9-21/h4-7,14H,8-13H2,1-3H3,(H,22,26)(H,24,25)/t14-/m0/s1. The van der Waals surface area contributed by atoms with E-state index in [4.69, 9.17) is 37.8 Å². The van der Waals surface area contributed by atoms with Crippen molar-refractivity contribution >= 4 is 41.0 Å². The lowest BCUT2D eigenvalue weighted by Crippen LogP contribution is -2.43. The summed E-state index contributed by atoms with van der Waals surface area (Å²) in [5, 5.41) is 11.7. The number of alkyl halides is 2. The first-order chi connectivity index (χ1) is 13.2. The van der Waals surface area contributed by atoms with E-state index >= 15 is 0 Å². The molecule has 0 aromatic heterocycles. The summed E-state index contributed by atoms with van der Waals surface area (Å²) in [6, 6.07) is 6.57. The number of nitrogens with zero attached hydrogens (tertiary/aromatic N) is 1. The molecule has 0 saturated carbocycles. The smallest absolute Gasteiger partial charge is 0.408 e. The number of aliphatic carboxylic acids is 1. The Labute approximate surface area is 175 Å². The summed E-state index contributed by atoms with van der Waals surface area (Å²) in [5.41, 5.74) is 0.115. The average molecular weight is 435 g/mol. The zero-order chi connectivity index (χ0) is 21.2. The number of ether oxygens (including phenoxy) is 2. The highest BCUT2D eigenvalue weighted by molar-refractivity contribution is 6.18. The summed E-state index contributed by atoms with van der Waals surface area (Å²) in [4.78, 5) is 25.1. The van der Waals surface area contributed by atoms with Gasteiger partial charge in [-0.15, -0.1) is 23.2 Å². The Morgan fingerprint density at radius 3 is 2.32 bits per heavy atom. The van der Waals surface area contributed by atoms with Crippen molar-refractivity contribution in [1.82, 2.24) is 5.32 Å². The number of hydrogen-bond acceptors (Lipinski definition) is 5. The molecule has 0 saturated heterocycles. The summed E-state index contributed by atoms with van der Waals surface area (Å²) in [6.07, 6.45) is -0.990. The van der Waals surface area contributed by atoms with Crippen LogP contribution >= 0.6 is 23.2 Å². The molecule has 9 heteroatoms. The van der Waals surface area contributed by atoms with E-state index in [9.17, 15) is 9.59 Å². The van der Waals surface area contributed by atoms with Crippen molar-refractivity contribution in [3.63, 3.8) is 0 Å². The molecule has 1 aromatic carbocycles. The number of para-hydroxylation sites is 2. The van der Waals surface area contributed by atoms with Gasteiger partial charge in [-0.2, -0.15) is 0 Å². The average Bonchev–Trinajstić information content (AvgIpc) is 2.57. The van der Waals surface area contributed by atoms with Crippen molar-refractivity contribution in [3.05, 3.63) is 24.3 Å². The summed E-state index contributed by atoms with van der Waals surface area (Å²) in [5.74, 6) is 0.350. The van der Waals surface area contributed by atoms with Crippen LogP contribution in [0.5, 0.6) is 5.75 Å². The fourth-order valence-electron chi connectivity index (χ4n) is 2.42. The summed E-state index contributed by atoms with van der Waals surface area (Å²) in [6.45, 7) is 6.33. The van der Waals surface area contributed by atoms with Gasteiger partial charge in [-0.3, -0.25) is 4.79 Å². The van der Waals surface area contributed by atoms with Crippen LogP contribution in [0.15, 0.2) is 24.3 Å². The number of carboxylic acid groups (broad SMARTS) is 1. The normalized spacial score (nSPS) is 12.2. The third kappa shape index (κ3) is 9.37. The lowest BCUT2D eigenvalue weighted by molar-refractivity contribution is -0.137. The van der Waals surface area contributed by atoms with Gasteiger partial charge in [0.2, 0.25) is 0 Å². The van der Waals surface area contributed by atoms with Crippen LogP contribution in [0.4, 0.5) is 10.5 Å². The minimum atomic E-state index is -1.05. The van der Waals surface area contributed by atoms with Gasteiger partial charge in [0.1, 0.15) is 18.0 Å². The van der Waals surface area contributed by atoms with Gasteiger partial charge in [0.15, 0.2) is 0 Å². The Balaban J connectivity index is 2.86. The zero-order valence-corrected chi connectivity index (χ0v) is 17.9. The Kier molecular flexibility index (Phi) is 10.2. The molecule has 0 aliphatic carbocycles. The monoisotopic (exact) mass is 434 g/mol. The van der Waals surface area contributed by atoms with Crippen LogP contribution in [-0.2, 0) is 9.53 Å². The van der Waals surface area contributed by atoms with E-state index in [1.807, 2.05) is 23.1 Å². The van der Waals surface area contributed by atoms with Crippen LogP contribution in [0.25, 0.3) is 0 Å². The second-order valence-electron chi connectivity index (χ2n) is 7.08. The van der Waals surface area contributed by atoms with Crippen molar-refractivity contribution < 1.29 is 24.2 Å². The highest BCUT2D eigenvalue weighted by Gasteiger charge is 2.22. The molecule has 1 amide bonds. The Bertz CT molecular complexity index is 631.